The second-order valence-electron chi connectivity index (χ2n) is 3.28. The molecule has 0 aromatic carbocycles. The van der Waals surface area contributed by atoms with Gasteiger partial charge in [-0.3, -0.25) is 0 Å². The maximum Gasteiger partial charge on any atom is 0.151 e. The third-order valence-electron chi connectivity index (χ3n) is 2.15. The molecule has 1 N–H and O–H groups in total. The number of nitrogens with zero attached hydrogens (tertiary/aromatic N) is 2. The third-order valence-corrected chi connectivity index (χ3v) is 3.54. The van der Waals surface area contributed by atoms with E-state index in [9.17, 15) is 0 Å². The Labute approximate surface area is 105 Å². The van der Waals surface area contributed by atoms with Crippen LogP contribution in [0.1, 0.15) is 12.8 Å². The normalized spacial score (nSPS) is 20.7. The highest BCUT2D eigenvalue weighted by atomic mass is 35.5. The molecule has 1 aromatic rings. The number of nitrogens with one attached hydrogen (secondary N) is 1. The van der Waals surface area contributed by atoms with Gasteiger partial charge in [-0.2, -0.15) is 0 Å². The lowest BCUT2D eigenvalue weighted by Crippen LogP contribution is -2.31. The van der Waals surface area contributed by atoms with Crippen LogP contribution in [0.4, 0.5) is 0 Å². The Kier molecular flexibility index (Phi) is 5.68. The minimum Gasteiger partial charge on any atom is -0.316 e. The minimum absolute atomic E-state index is 0. The van der Waals surface area contributed by atoms with Crippen LogP contribution in [-0.4, -0.2) is 28.5 Å². The van der Waals surface area contributed by atoms with Crippen LogP contribution in [0, 0.1) is 0 Å². The number of aromatic nitrogens is 2. The zero-order valence-corrected chi connectivity index (χ0v) is 10.5. The summed E-state index contributed by atoms with van der Waals surface area (Å²) in [5.41, 5.74) is 0. The Balaban J connectivity index is 0.00000112. The number of hydrogen-bond donors (Lipinski definition) is 1. The summed E-state index contributed by atoms with van der Waals surface area (Å²) in [4.78, 5) is 0. The lowest BCUT2D eigenvalue weighted by molar-refractivity contribution is 0.531. The van der Waals surface area contributed by atoms with Gasteiger partial charge in [0.1, 0.15) is 5.03 Å². The van der Waals surface area contributed by atoms with E-state index in [1.54, 1.807) is 17.8 Å². The topological polar surface area (TPSA) is 37.8 Å². The van der Waals surface area contributed by atoms with Crippen molar-refractivity contribution in [3.05, 3.63) is 17.3 Å². The van der Waals surface area contributed by atoms with Crippen LogP contribution in [-0.2, 0) is 0 Å². The van der Waals surface area contributed by atoms with Gasteiger partial charge >= 0.3 is 0 Å². The van der Waals surface area contributed by atoms with Crippen LogP contribution in [0.2, 0.25) is 5.15 Å². The third kappa shape index (κ3) is 4.15. The molecule has 15 heavy (non-hydrogen) atoms. The van der Waals surface area contributed by atoms with Crippen LogP contribution in [0.25, 0.3) is 0 Å². The van der Waals surface area contributed by atoms with Crippen molar-refractivity contribution in [1.29, 1.82) is 0 Å². The summed E-state index contributed by atoms with van der Waals surface area (Å²) in [6, 6.07) is 3.71. The molecule has 0 spiro atoms. The molecule has 0 amide bonds. The Morgan fingerprint density at radius 3 is 2.87 bits per heavy atom. The van der Waals surface area contributed by atoms with Crippen molar-refractivity contribution in [3.63, 3.8) is 0 Å². The summed E-state index contributed by atoms with van der Waals surface area (Å²) in [6.45, 7) is 2.21. The van der Waals surface area contributed by atoms with E-state index in [4.69, 9.17) is 11.6 Å². The van der Waals surface area contributed by atoms with Crippen LogP contribution in [0.5, 0.6) is 0 Å². The number of rotatable bonds is 2. The highest BCUT2D eigenvalue weighted by molar-refractivity contribution is 7.99. The first kappa shape index (κ1) is 13.0. The predicted molar refractivity (Wildman–Crippen MR) is 66.0 cm³/mol. The quantitative estimate of drug-likeness (QED) is 0.892. The monoisotopic (exact) mass is 265 g/mol. The van der Waals surface area contributed by atoms with E-state index in [1.165, 1.54) is 12.8 Å². The number of piperidine rings is 1. The van der Waals surface area contributed by atoms with Crippen molar-refractivity contribution in [2.75, 3.05) is 13.1 Å². The summed E-state index contributed by atoms with van der Waals surface area (Å²) in [5, 5.41) is 13.3. The van der Waals surface area contributed by atoms with E-state index in [0.29, 0.717) is 10.4 Å². The standard InChI is InChI=1S/C9H12ClN3S.ClH/c10-8-3-4-9(13-12-8)14-7-2-1-5-11-6-7;/h3-4,7,11H,1-2,5-6H2;1H. The summed E-state index contributed by atoms with van der Waals surface area (Å²) < 4.78 is 0. The van der Waals surface area contributed by atoms with Crippen molar-refractivity contribution in [2.45, 2.75) is 23.1 Å². The Bertz CT molecular complexity index is 288. The molecule has 0 radical (unpaired) electrons. The molecule has 2 rings (SSSR count). The van der Waals surface area contributed by atoms with Crippen molar-refractivity contribution in [2.24, 2.45) is 0 Å². The minimum atomic E-state index is 0. The molecule has 1 aliphatic heterocycles. The molecule has 1 saturated heterocycles. The lowest BCUT2D eigenvalue weighted by Gasteiger charge is -2.21. The second kappa shape index (κ2) is 6.53. The van der Waals surface area contributed by atoms with Gasteiger partial charge in [0.15, 0.2) is 5.15 Å². The largest absolute Gasteiger partial charge is 0.316 e. The van der Waals surface area contributed by atoms with Gasteiger partial charge < -0.3 is 5.32 Å². The van der Waals surface area contributed by atoms with Crippen LogP contribution >= 0.6 is 35.8 Å². The molecule has 3 nitrogen and oxygen atoms in total. The van der Waals surface area contributed by atoms with E-state index in [2.05, 4.69) is 15.5 Å². The number of halogens is 2. The van der Waals surface area contributed by atoms with E-state index < -0.39 is 0 Å². The average molecular weight is 266 g/mol. The maximum absolute atomic E-state index is 5.66. The Morgan fingerprint density at radius 2 is 2.27 bits per heavy atom. The van der Waals surface area contributed by atoms with Crippen molar-refractivity contribution < 1.29 is 0 Å². The molecule has 1 aliphatic rings. The summed E-state index contributed by atoms with van der Waals surface area (Å²) >= 11 is 7.44. The van der Waals surface area contributed by atoms with Gasteiger partial charge in [-0.15, -0.1) is 22.6 Å². The summed E-state index contributed by atoms with van der Waals surface area (Å²) in [7, 11) is 0. The van der Waals surface area contributed by atoms with Gasteiger partial charge in [-0.25, -0.2) is 0 Å². The second-order valence-corrected chi connectivity index (χ2v) is 4.99. The van der Waals surface area contributed by atoms with Crippen LogP contribution in [0.3, 0.4) is 0 Å². The summed E-state index contributed by atoms with van der Waals surface area (Å²) in [6.07, 6.45) is 2.50. The highest BCUT2D eigenvalue weighted by Gasteiger charge is 2.14. The average Bonchev–Trinajstić information content (AvgIpc) is 2.23. The maximum atomic E-state index is 5.66. The molecule has 1 unspecified atom stereocenters. The first-order valence-electron chi connectivity index (χ1n) is 4.71. The SMILES string of the molecule is Cl.Clc1ccc(SC2CCCNC2)nn1. The lowest BCUT2D eigenvalue weighted by atomic mass is 10.2. The van der Waals surface area contributed by atoms with Crippen molar-refractivity contribution in [1.82, 2.24) is 15.5 Å². The molecule has 84 valence electrons. The highest BCUT2D eigenvalue weighted by Crippen LogP contribution is 2.25. The number of hydrogen-bond acceptors (Lipinski definition) is 4. The molecule has 1 aromatic heterocycles. The van der Waals surface area contributed by atoms with Gasteiger partial charge in [-0.1, -0.05) is 23.4 Å². The number of thioether (sulfide) groups is 1. The summed E-state index contributed by atoms with van der Waals surface area (Å²) in [5.74, 6) is 0. The fraction of sp³-hybridized carbons (Fsp3) is 0.556. The first-order valence-corrected chi connectivity index (χ1v) is 5.97. The zero-order chi connectivity index (χ0) is 9.80. The fourth-order valence-corrected chi connectivity index (χ4v) is 2.62. The first-order chi connectivity index (χ1) is 6.84. The molecule has 6 heteroatoms. The Morgan fingerprint density at radius 1 is 1.40 bits per heavy atom. The van der Waals surface area contributed by atoms with Crippen LogP contribution < -0.4 is 5.32 Å². The van der Waals surface area contributed by atoms with Crippen molar-refractivity contribution in [3.8, 4) is 0 Å². The van der Waals surface area contributed by atoms with Crippen molar-refractivity contribution >= 4 is 35.8 Å². The Hall–Kier alpha value is -0.0300. The molecular formula is C9H13Cl2N3S. The van der Waals surface area contributed by atoms with E-state index in [-0.39, 0.29) is 12.4 Å². The van der Waals surface area contributed by atoms with E-state index in [1.807, 2.05) is 6.07 Å². The van der Waals surface area contributed by atoms with Gasteiger partial charge in [0.2, 0.25) is 0 Å². The molecule has 0 aliphatic carbocycles. The molecule has 0 saturated carbocycles. The smallest absolute Gasteiger partial charge is 0.151 e. The molecule has 0 bridgehead atoms. The molecular weight excluding hydrogens is 253 g/mol. The zero-order valence-electron chi connectivity index (χ0n) is 8.15. The predicted octanol–water partition coefficient (Wildman–Crippen LogP) is 2.40. The molecule has 1 fully saturated rings. The van der Waals surface area contributed by atoms with Gasteiger partial charge in [0, 0.05) is 11.8 Å². The van der Waals surface area contributed by atoms with Gasteiger partial charge in [-0.05, 0) is 31.5 Å². The van der Waals surface area contributed by atoms with Gasteiger partial charge in [0.25, 0.3) is 0 Å². The van der Waals surface area contributed by atoms with Crippen LogP contribution in [0.15, 0.2) is 17.2 Å². The van der Waals surface area contributed by atoms with Gasteiger partial charge in [0.05, 0.1) is 0 Å². The fourth-order valence-electron chi connectivity index (χ4n) is 1.46. The van der Waals surface area contributed by atoms with E-state index in [0.717, 1.165) is 18.1 Å². The van der Waals surface area contributed by atoms with E-state index >= 15 is 0 Å². The molecule has 2 heterocycles. The molecule has 1 atom stereocenters.